The molecule has 2 spiro atoms. The molecule has 2 saturated heterocycles. The molecule has 1 aromatic rings. The molecule has 2 aliphatic carbocycles. The first-order chi connectivity index (χ1) is 16.0. The molecular weight excluding hydrogens is 416 g/mol. The van der Waals surface area contributed by atoms with Gasteiger partial charge in [-0.05, 0) is 63.2 Å². The minimum Gasteiger partial charge on any atom is -0.463 e. The standard InChI is InChI=1S/C27H35N2O4/c1-20(2)33-26(31)24-10-8-21(9-11-24)22-12-14-27(15-13-22)28(29(27)16-18-32-19-17-29)25(30)23-6-4-3-5-7-23/h3-7,12-14,20-21,24H,8-11,15-19H2,1-2H3/q+1/t21?,24?,27-,28?/m1/s1. The number of hydrogen-bond donors (Lipinski definition) is 0. The van der Waals surface area contributed by atoms with E-state index in [9.17, 15) is 9.59 Å². The minimum atomic E-state index is -0.293. The average molecular weight is 452 g/mol. The summed E-state index contributed by atoms with van der Waals surface area (Å²) in [5.74, 6) is 0.579. The van der Waals surface area contributed by atoms with Crippen molar-refractivity contribution in [2.24, 2.45) is 11.8 Å². The molecule has 2 heterocycles. The van der Waals surface area contributed by atoms with E-state index < -0.39 is 0 Å². The summed E-state index contributed by atoms with van der Waals surface area (Å²) < 4.78 is 11.8. The number of morpholine rings is 1. The van der Waals surface area contributed by atoms with Gasteiger partial charge in [-0.2, -0.15) is 4.59 Å². The second-order valence-corrected chi connectivity index (χ2v) is 10.1. The number of rotatable bonds is 4. The van der Waals surface area contributed by atoms with Gasteiger partial charge in [0, 0.05) is 11.6 Å². The third-order valence-corrected chi connectivity index (χ3v) is 7.92. The van der Waals surface area contributed by atoms with Gasteiger partial charge in [0.25, 0.3) is 5.66 Å². The van der Waals surface area contributed by atoms with Crippen molar-refractivity contribution in [3.63, 3.8) is 0 Å². The van der Waals surface area contributed by atoms with Gasteiger partial charge in [0.15, 0.2) is 0 Å². The van der Waals surface area contributed by atoms with E-state index >= 15 is 0 Å². The van der Waals surface area contributed by atoms with Crippen LogP contribution < -0.4 is 0 Å². The number of benzene rings is 1. The van der Waals surface area contributed by atoms with E-state index in [0.29, 0.717) is 23.7 Å². The van der Waals surface area contributed by atoms with E-state index in [1.807, 2.05) is 44.2 Å². The van der Waals surface area contributed by atoms with Crippen LogP contribution >= 0.6 is 0 Å². The highest BCUT2D eigenvalue weighted by Crippen LogP contribution is 2.56. The molecule has 6 nitrogen and oxygen atoms in total. The summed E-state index contributed by atoms with van der Waals surface area (Å²) in [6.07, 6.45) is 11.5. The first kappa shape index (κ1) is 22.4. The topological polar surface area (TPSA) is 55.6 Å². The molecule has 0 N–H and O–H groups in total. The van der Waals surface area contributed by atoms with Crippen molar-refractivity contribution < 1.29 is 23.7 Å². The van der Waals surface area contributed by atoms with Crippen LogP contribution in [0, 0.1) is 11.8 Å². The number of esters is 1. The number of quaternary nitrogens is 1. The van der Waals surface area contributed by atoms with Crippen LogP contribution in [-0.2, 0) is 14.3 Å². The fraction of sp³-hybridized carbons (Fsp3) is 0.556. The predicted molar refractivity (Wildman–Crippen MR) is 125 cm³/mol. The van der Waals surface area contributed by atoms with E-state index in [0.717, 1.165) is 50.8 Å². The lowest BCUT2D eigenvalue weighted by molar-refractivity contribution is -0.885. The second-order valence-electron chi connectivity index (χ2n) is 10.1. The fourth-order valence-corrected chi connectivity index (χ4v) is 6.14. The summed E-state index contributed by atoms with van der Waals surface area (Å²) in [6, 6.07) is 9.61. The molecule has 5 rings (SSSR count). The molecule has 1 atom stereocenters. The van der Waals surface area contributed by atoms with Gasteiger partial charge < -0.3 is 9.47 Å². The van der Waals surface area contributed by atoms with Crippen LogP contribution in [0.5, 0.6) is 0 Å². The number of hydrogen-bond acceptors (Lipinski definition) is 4. The first-order valence-electron chi connectivity index (χ1n) is 12.4. The third-order valence-electron chi connectivity index (χ3n) is 7.92. The van der Waals surface area contributed by atoms with Crippen LogP contribution in [0.3, 0.4) is 0 Å². The Morgan fingerprint density at radius 3 is 2.39 bits per heavy atom. The van der Waals surface area contributed by atoms with Crippen LogP contribution in [0.1, 0.15) is 56.3 Å². The van der Waals surface area contributed by atoms with Crippen molar-refractivity contribution in [2.75, 3.05) is 26.3 Å². The molecule has 1 aromatic carbocycles. The quantitative estimate of drug-likeness (QED) is 0.390. The summed E-state index contributed by atoms with van der Waals surface area (Å²) in [5.41, 5.74) is 1.81. The lowest BCUT2D eigenvalue weighted by Gasteiger charge is -2.30. The molecular formula is C27H35N2O4+. The van der Waals surface area contributed by atoms with Crippen molar-refractivity contribution in [1.29, 1.82) is 0 Å². The van der Waals surface area contributed by atoms with Gasteiger partial charge in [-0.3, -0.25) is 9.59 Å². The monoisotopic (exact) mass is 451 g/mol. The number of fused-ring (bicyclic) bond motifs is 1. The van der Waals surface area contributed by atoms with Gasteiger partial charge >= 0.3 is 11.9 Å². The maximum atomic E-state index is 13.5. The van der Waals surface area contributed by atoms with Crippen molar-refractivity contribution in [2.45, 2.75) is 57.7 Å². The number of allylic oxidation sites excluding steroid dienone is 2. The Morgan fingerprint density at radius 2 is 1.79 bits per heavy atom. The van der Waals surface area contributed by atoms with Crippen LogP contribution in [0.15, 0.2) is 54.1 Å². The van der Waals surface area contributed by atoms with Crippen LogP contribution in [0.25, 0.3) is 0 Å². The molecule has 33 heavy (non-hydrogen) atoms. The lowest BCUT2D eigenvalue weighted by atomic mass is 9.76. The third kappa shape index (κ3) is 3.83. The zero-order valence-electron chi connectivity index (χ0n) is 19.7. The summed E-state index contributed by atoms with van der Waals surface area (Å²) in [6.45, 7) is 6.83. The van der Waals surface area contributed by atoms with E-state index in [1.54, 1.807) is 0 Å². The van der Waals surface area contributed by atoms with Gasteiger partial charge in [-0.25, -0.2) is 0 Å². The molecule has 4 aliphatic rings. The molecule has 1 amide bonds. The fourth-order valence-electron chi connectivity index (χ4n) is 6.14. The smallest absolute Gasteiger partial charge is 0.309 e. The molecule has 0 unspecified atom stereocenters. The Hall–Kier alpha value is -2.44. The molecule has 1 saturated carbocycles. The van der Waals surface area contributed by atoms with Crippen molar-refractivity contribution in [3.8, 4) is 0 Å². The number of carbonyl (C=O) groups is 2. The molecule has 0 radical (unpaired) electrons. The van der Waals surface area contributed by atoms with E-state index in [-0.39, 0.29) is 29.6 Å². The summed E-state index contributed by atoms with van der Waals surface area (Å²) >= 11 is 0. The summed E-state index contributed by atoms with van der Waals surface area (Å²) in [5, 5.41) is 2.08. The molecule has 0 aromatic heterocycles. The largest absolute Gasteiger partial charge is 0.463 e. The Bertz CT molecular complexity index is 956. The van der Waals surface area contributed by atoms with Crippen LogP contribution in [0.4, 0.5) is 0 Å². The van der Waals surface area contributed by atoms with Crippen molar-refractivity contribution >= 4 is 11.9 Å². The van der Waals surface area contributed by atoms with Gasteiger partial charge in [-0.1, -0.05) is 30.4 Å². The van der Waals surface area contributed by atoms with E-state index in [4.69, 9.17) is 9.47 Å². The highest BCUT2D eigenvalue weighted by atomic mass is 16.5. The maximum Gasteiger partial charge on any atom is 0.309 e. The molecule has 6 heteroatoms. The number of nitrogens with zero attached hydrogens (tertiary/aromatic N) is 2. The SMILES string of the molecule is CC(C)OC(=O)C1CCC(C2=CC[C@]3(C=C2)N(C(=O)c2ccccc2)[N+]32CCOCC2)CC1. The molecule has 176 valence electrons. The second kappa shape index (κ2) is 8.73. The van der Waals surface area contributed by atoms with Gasteiger partial charge in [0.2, 0.25) is 0 Å². The first-order valence-corrected chi connectivity index (χ1v) is 12.4. The Labute approximate surface area is 196 Å². The Kier molecular flexibility index (Phi) is 5.91. The van der Waals surface area contributed by atoms with Crippen molar-refractivity contribution in [3.05, 3.63) is 59.7 Å². The van der Waals surface area contributed by atoms with Crippen LogP contribution in [-0.4, -0.2) is 59.5 Å². The number of ether oxygens (including phenoxy) is 2. The Balaban J connectivity index is 1.28. The normalized spacial score (nSPS) is 30.4. The highest BCUT2D eigenvalue weighted by Gasteiger charge is 2.79. The minimum absolute atomic E-state index is 0.0350. The van der Waals surface area contributed by atoms with Gasteiger partial charge in [0.1, 0.15) is 13.1 Å². The predicted octanol–water partition coefficient (Wildman–Crippen LogP) is 4.25. The van der Waals surface area contributed by atoms with Crippen molar-refractivity contribution in [1.82, 2.24) is 5.01 Å². The Morgan fingerprint density at radius 1 is 1.09 bits per heavy atom. The number of carbonyl (C=O) groups excluding carboxylic acids is 2. The number of amides is 1. The molecule has 3 fully saturated rings. The average Bonchev–Trinajstić information content (AvgIpc) is 3.36. The van der Waals surface area contributed by atoms with E-state index in [1.165, 1.54) is 5.57 Å². The molecule has 0 bridgehead atoms. The van der Waals surface area contributed by atoms with Gasteiger partial charge in [-0.15, -0.1) is 5.01 Å². The zero-order valence-corrected chi connectivity index (χ0v) is 19.7. The highest BCUT2D eigenvalue weighted by molar-refractivity contribution is 5.95. The van der Waals surface area contributed by atoms with Crippen LogP contribution in [0.2, 0.25) is 0 Å². The molecule has 2 aliphatic heterocycles. The zero-order chi connectivity index (χ0) is 23.1. The summed E-state index contributed by atoms with van der Waals surface area (Å²) in [4.78, 5) is 25.8. The van der Waals surface area contributed by atoms with Gasteiger partial charge in [0.05, 0.1) is 31.7 Å². The maximum absolute atomic E-state index is 13.5. The van der Waals surface area contributed by atoms with E-state index in [2.05, 4.69) is 23.2 Å². The summed E-state index contributed by atoms with van der Waals surface area (Å²) in [7, 11) is 0. The lowest BCUT2D eigenvalue weighted by Crippen LogP contribution is -2.46.